The fraction of sp³-hybridized carbons (Fsp3) is 0.500. The van der Waals surface area contributed by atoms with Gasteiger partial charge in [0.1, 0.15) is 17.2 Å². The van der Waals surface area contributed by atoms with E-state index < -0.39 is 17.7 Å². The number of para-hydroxylation sites is 1. The number of alkyl carbamates (subject to hydrolysis) is 1. The number of carbonyl (C=O) groups excluding carboxylic acids is 3. The molecular weight excluding hydrogens is 386 g/mol. The molecule has 0 saturated heterocycles. The van der Waals surface area contributed by atoms with Crippen molar-refractivity contribution in [2.45, 2.75) is 59.2 Å². The number of carbonyl (C=O) groups is 3. The van der Waals surface area contributed by atoms with E-state index in [0.717, 1.165) is 5.39 Å². The van der Waals surface area contributed by atoms with E-state index >= 15 is 0 Å². The summed E-state index contributed by atoms with van der Waals surface area (Å²) in [5.41, 5.74) is -0.0203. The first-order valence-corrected chi connectivity index (χ1v) is 10.0. The molecule has 0 spiro atoms. The number of furan rings is 1. The van der Waals surface area contributed by atoms with E-state index in [4.69, 9.17) is 9.15 Å². The van der Waals surface area contributed by atoms with Crippen LogP contribution in [0.3, 0.4) is 0 Å². The Hall–Kier alpha value is -3.03. The average molecular weight is 418 g/mol. The van der Waals surface area contributed by atoms with Crippen molar-refractivity contribution in [3.63, 3.8) is 0 Å². The lowest BCUT2D eigenvalue weighted by Gasteiger charge is -2.26. The van der Waals surface area contributed by atoms with Crippen LogP contribution >= 0.6 is 0 Å². The predicted octanol–water partition coefficient (Wildman–Crippen LogP) is 3.22. The Labute approximate surface area is 176 Å². The summed E-state index contributed by atoms with van der Waals surface area (Å²) in [5.74, 6) is -0.642. The van der Waals surface area contributed by atoms with Gasteiger partial charge in [0, 0.05) is 18.0 Å². The van der Waals surface area contributed by atoms with Crippen molar-refractivity contribution in [3.8, 4) is 0 Å². The first kappa shape index (κ1) is 23.3. The summed E-state index contributed by atoms with van der Waals surface area (Å²) in [4.78, 5) is 37.0. The van der Waals surface area contributed by atoms with Crippen molar-refractivity contribution in [2.24, 2.45) is 5.92 Å². The van der Waals surface area contributed by atoms with Gasteiger partial charge in [-0.05, 0) is 45.7 Å². The van der Waals surface area contributed by atoms with E-state index in [1.54, 1.807) is 39.8 Å². The van der Waals surface area contributed by atoms with Gasteiger partial charge in [0.05, 0.1) is 0 Å². The third-order valence-corrected chi connectivity index (χ3v) is 4.23. The third-order valence-electron chi connectivity index (χ3n) is 4.23. The normalized spacial score (nSPS) is 13.6. The summed E-state index contributed by atoms with van der Waals surface area (Å²) in [6.07, 6.45) is -0.651. The minimum atomic E-state index is -0.756. The third kappa shape index (κ3) is 6.79. The van der Waals surface area contributed by atoms with Crippen LogP contribution in [0.5, 0.6) is 0 Å². The summed E-state index contributed by atoms with van der Waals surface area (Å²) in [6.45, 7) is 10.9. The first-order chi connectivity index (χ1) is 14.0. The van der Waals surface area contributed by atoms with Crippen LogP contribution in [-0.4, -0.2) is 42.1 Å². The molecule has 8 nitrogen and oxygen atoms in total. The standard InChI is InChI=1S/C22H31N3O5/c1-13(2)18(25-21(28)30-22(4,5)6)20(27)24-14(3)12-23-19(26)17-11-15-9-7-8-10-16(15)29-17/h7-11,13-14,18H,12H2,1-6H3,(H,23,26)(H,24,27)(H,25,28)/t14?,18-/m0/s1. The summed E-state index contributed by atoms with van der Waals surface area (Å²) in [7, 11) is 0. The van der Waals surface area contributed by atoms with Gasteiger partial charge in [-0.2, -0.15) is 0 Å². The molecule has 0 fully saturated rings. The molecule has 8 heteroatoms. The number of fused-ring (bicyclic) bond motifs is 1. The zero-order valence-corrected chi connectivity index (χ0v) is 18.4. The molecule has 0 aliphatic rings. The van der Waals surface area contributed by atoms with Crippen LogP contribution in [-0.2, 0) is 9.53 Å². The van der Waals surface area contributed by atoms with E-state index in [2.05, 4.69) is 16.0 Å². The number of hydrogen-bond acceptors (Lipinski definition) is 5. The molecule has 1 heterocycles. The van der Waals surface area contributed by atoms with Gasteiger partial charge in [-0.3, -0.25) is 9.59 Å². The fourth-order valence-electron chi connectivity index (χ4n) is 2.78. The lowest BCUT2D eigenvalue weighted by Crippen LogP contribution is -2.54. The monoisotopic (exact) mass is 417 g/mol. The van der Waals surface area contributed by atoms with Gasteiger partial charge in [-0.1, -0.05) is 32.0 Å². The second-order valence-electron chi connectivity index (χ2n) is 8.64. The van der Waals surface area contributed by atoms with E-state index in [1.807, 2.05) is 32.0 Å². The molecule has 3 amide bonds. The zero-order chi connectivity index (χ0) is 22.5. The maximum atomic E-state index is 12.6. The molecule has 0 aliphatic heterocycles. The van der Waals surface area contributed by atoms with E-state index in [9.17, 15) is 14.4 Å². The Kier molecular flexibility index (Phi) is 7.48. The average Bonchev–Trinajstić information content (AvgIpc) is 3.06. The molecular formula is C22H31N3O5. The van der Waals surface area contributed by atoms with Gasteiger partial charge in [-0.15, -0.1) is 0 Å². The molecule has 0 bridgehead atoms. The van der Waals surface area contributed by atoms with Crippen LogP contribution in [0.2, 0.25) is 0 Å². The minimum absolute atomic E-state index is 0.144. The Morgan fingerprint density at radius 2 is 1.73 bits per heavy atom. The largest absolute Gasteiger partial charge is 0.451 e. The predicted molar refractivity (Wildman–Crippen MR) is 114 cm³/mol. The molecule has 1 aromatic carbocycles. The molecule has 2 atom stereocenters. The highest BCUT2D eigenvalue weighted by atomic mass is 16.6. The van der Waals surface area contributed by atoms with E-state index in [-0.39, 0.29) is 36.1 Å². The van der Waals surface area contributed by atoms with Gasteiger partial charge in [0.15, 0.2) is 5.76 Å². The van der Waals surface area contributed by atoms with Crippen molar-refractivity contribution in [1.82, 2.24) is 16.0 Å². The van der Waals surface area contributed by atoms with Gasteiger partial charge >= 0.3 is 6.09 Å². The van der Waals surface area contributed by atoms with Gasteiger partial charge in [-0.25, -0.2) is 4.79 Å². The highest BCUT2D eigenvalue weighted by molar-refractivity contribution is 5.96. The van der Waals surface area contributed by atoms with Crippen molar-refractivity contribution in [3.05, 3.63) is 36.1 Å². The summed E-state index contributed by atoms with van der Waals surface area (Å²) >= 11 is 0. The minimum Gasteiger partial charge on any atom is -0.451 e. The number of benzene rings is 1. The smallest absolute Gasteiger partial charge is 0.408 e. The molecule has 0 aliphatic carbocycles. The number of rotatable bonds is 7. The Morgan fingerprint density at radius 3 is 2.33 bits per heavy atom. The molecule has 0 radical (unpaired) electrons. The second kappa shape index (κ2) is 9.65. The Bertz CT molecular complexity index is 865. The van der Waals surface area contributed by atoms with Gasteiger partial charge in [0.25, 0.3) is 5.91 Å². The second-order valence-corrected chi connectivity index (χ2v) is 8.64. The Balaban J connectivity index is 1.88. The highest BCUT2D eigenvalue weighted by Gasteiger charge is 2.27. The summed E-state index contributed by atoms with van der Waals surface area (Å²) in [5, 5.41) is 9.01. The molecule has 0 saturated carbocycles. The van der Waals surface area contributed by atoms with Crippen molar-refractivity contribution in [2.75, 3.05) is 6.54 Å². The number of hydrogen-bond donors (Lipinski definition) is 3. The van der Waals surface area contributed by atoms with Crippen LogP contribution in [0.25, 0.3) is 11.0 Å². The summed E-state index contributed by atoms with van der Waals surface area (Å²) < 4.78 is 10.8. The maximum absolute atomic E-state index is 12.6. The van der Waals surface area contributed by atoms with Gasteiger partial charge in [0.2, 0.25) is 5.91 Å². The van der Waals surface area contributed by atoms with Crippen LogP contribution in [0.15, 0.2) is 34.7 Å². The van der Waals surface area contributed by atoms with Gasteiger partial charge < -0.3 is 25.1 Å². The number of amides is 3. The molecule has 1 unspecified atom stereocenters. The molecule has 2 rings (SSSR count). The van der Waals surface area contributed by atoms with Crippen LogP contribution < -0.4 is 16.0 Å². The van der Waals surface area contributed by atoms with Crippen LogP contribution in [0.1, 0.15) is 52.1 Å². The zero-order valence-electron chi connectivity index (χ0n) is 18.4. The molecule has 3 N–H and O–H groups in total. The number of ether oxygens (including phenoxy) is 1. The van der Waals surface area contributed by atoms with E-state index in [0.29, 0.717) is 5.58 Å². The van der Waals surface area contributed by atoms with E-state index in [1.165, 1.54) is 0 Å². The quantitative estimate of drug-likeness (QED) is 0.641. The maximum Gasteiger partial charge on any atom is 0.408 e. The first-order valence-electron chi connectivity index (χ1n) is 10.0. The highest BCUT2D eigenvalue weighted by Crippen LogP contribution is 2.18. The molecule has 2 aromatic rings. The topological polar surface area (TPSA) is 110 Å². The molecule has 30 heavy (non-hydrogen) atoms. The van der Waals surface area contributed by atoms with Crippen LogP contribution in [0, 0.1) is 5.92 Å². The summed E-state index contributed by atoms with van der Waals surface area (Å²) in [6, 6.07) is 7.92. The van der Waals surface area contributed by atoms with Crippen LogP contribution in [0.4, 0.5) is 4.79 Å². The molecule has 164 valence electrons. The SMILES string of the molecule is CC(CNC(=O)c1cc2ccccc2o1)NC(=O)[C@@H](NC(=O)OC(C)(C)C)C(C)C. The van der Waals surface area contributed by atoms with Crippen molar-refractivity contribution >= 4 is 28.9 Å². The van der Waals surface area contributed by atoms with Crippen molar-refractivity contribution < 1.29 is 23.5 Å². The fourth-order valence-corrected chi connectivity index (χ4v) is 2.78. The number of nitrogens with one attached hydrogen (secondary N) is 3. The molecule has 1 aromatic heterocycles. The van der Waals surface area contributed by atoms with Crippen molar-refractivity contribution in [1.29, 1.82) is 0 Å². The lowest BCUT2D eigenvalue weighted by atomic mass is 10.0. The lowest BCUT2D eigenvalue weighted by molar-refractivity contribution is -0.124. The Morgan fingerprint density at radius 1 is 1.07 bits per heavy atom.